The quantitative estimate of drug-likeness (QED) is 0.209. The molecule has 208 valence electrons. The number of nitrogens with two attached hydrogens (primary N) is 1. The van der Waals surface area contributed by atoms with Crippen LogP contribution in [0.25, 0.3) is 0 Å². The Morgan fingerprint density at radius 3 is 1.77 bits per heavy atom. The smallest absolute Gasteiger partial charge is 0.408 e. The molecule has 0 aliphatic heterocycles. The zero-order chi connectivity index (χ0) is 28.8. The molecule has 6 N–H and O–H groups in total. The number of carbonyl (C=O) groups excluding carboxylic acids is 5. The SMILES string of the molecule is CC(NC(=O)OCc1ccccc1)C(=O)N[C@@H](CC(=O)OCc1ccccc1)C(=O)NC(CC(N)=O)C(=O)O. The minimum absolute atomic E-state index is 0.0459. The van der Waals surface area contributed by atoms with Crippen LogP contribution >= 0.6 is 0 Å². The monoisotopic (exact) mass is 542 g/mol. The Bertz CT molecular complexity index is 1160. The lowest BCUT2D eigenvalue weighted by Gasteiger charge is -2.22. The van der Waals surface area contributed by atoms with Crippen molar-refractivity contribution in [3.8, 4) is 0 Å². The van der Waals surface area contributed by atoms with Gasteiger partial charge < -0.3 is 36.3 Å². The number of ether oxygens (including phenoxy) is 2. The summed E-state index contributed by atoms with van der Waals surface area (Å²) in [7, 11) is 0. The van der Waals surface area contributed by atoms with Crippen LogP contribution in [0.5, 0.6) is 0 Å². The predicted molar refractivity (Wildman–Crippen MR) is 135 cm³/mol. The number of carboxylic acid groups (broad SMARTS) is 1. The molecule has 0 bridgehead atoms. The molecule has 2 aromatic carbocycles. The lowest BCUT2D eigenvalue weighted by molar-refractivity contribution is -0.148. The molecule has 39 heavy (non-hydrogen) atoms. The van der Waals surface area contributed by atoms with E-state index < -0.39 is 66.7 Å². The van der Waals surface area contributed by atoms with E-state index in [-0.39, 0.29) is 13.2 Å². The highest BCUT2D eigenvalue weighted by Crippen LogP contribution is 2.06. The minimum Gasteiger partial charge on any atom is -0.480 e. The van der Waals surface area contributed by atoms with Crippen molar-refractivity contribution in [3.05, 3.63) is 71.8 Å². The van der Waals surface area contributed by atoms with Crippen molar-refractivity contribution in [1.82, 2.24) is 16.0 Å². The summed E-state index contributed by atoms with van der Waals surface area (Å²) in [6.07, 6.45) is -2.29. The average Bonchev–Trinajstić information content (AvgIpc) is 2.90. The first kappa shape index (κ1) is 30.3. The molecule has 2 rings (SSSR count). The highest BCUT2D eigenvalue weighted by atomic mass is 16.5. The lowest BCUT2D eigenvalue weighted by atomic mass is 10.1. The third-order valence-electron chi connectivity index (χ3n) is 5.21. The highest BCUT2D eigenvalue weighted by molar-refractivity contribution is 5.95. The molecule has 0 aliphatic carbocycles. The van der Waals surface area contributed by atoms with Gasteiger partial charge in [0.2, 0.25) is 17.7 Å². The first-order chi connectivity index (χ1) is 18.5. The van der Waals surface area contributed by atoms with Crippen molar-refractivity contribution in [2.75, 3.05) is 0 Å². The first-order valence-electron chi connectivity index (χ1n) is 11.8. The molecule has 0 saturated carbocycles. The number of carboxylic acids is 1. The van der Waals surface area contributed by atoms with E-state index in [9.17, 15) is 33.9 Å². The van der Waals surface area contributed by atoms with Gasteiger partial charge in [0.1, 0.15) is 31.3 Å². The van der Waals surface area contributed by atoms with E-state index in [0.29, 0.717) is 5.56 Å². The Kier molecular flexibility index (Phi) is 11.9. The van der Waals surface area contributed by atoms with Crippen LogP contribution in [0.2, 0.25) is 0 Å². The number of nitrogens with one attached hydrogen (secondary N) is 3. The summed E-state index contributed by atoms with van der Waals surface area (Å²) in [5.41, 5.74) is 6.44. The number of primary amides is 1. The van der Waals surface area contributed by atoms with Crippen LogP contribution in [0.4, 0.5) is 4.79 Å². The molecule has 0 radical (unpaired) electrons. The summed E-state index contributed by atoms with van der Waals surface area (Å²) in [5, 5.41) is 16.0. The summed E-state index contributed by atoms with van der Waals surface area (Å²) >= 11 is 0. The number of amides is 4. The topological polar surface area (TPSA) is 203 Å². The summed E-state index contributed by atoms with van der Waals surface area (Å²) < 4.78 is 10.2. The fraction of sp³-hybridized carbons (Fsp3) is 0.308. The number of alkyl carbamates (subject to hydrolysis) is 1. The van der Waals surface area contributed by atoms with Gasteiger partial charge in [0.25, 0.3) is 0 Å². The molecule has 0 heterocycles. The fourth-order valence-electron chi connectivity index (χ4n) is 3.15. The second kappa shape index (κ2) is 15.3. The van der Waals surface area contributed by atoms with Gasteiger partial charge >= 0.3 is 18.0 Å². The van der Waals surface area contributed by atoms with Crippen LogP contribution in [0.1, 0.15) is 30.9 Å². The summed E-state index contributed by atoms with van der Waals surface area (Å²) in [6, 6.07) is 13.0. The molecule has 0 aliphatic rings. The molecular weight excluding hydrogens is 512 g/mol. The van der Waals surface area contributed by atoms with Gasteiger partial charge in [-0.25, -0.2) is 9.59 Å². The van der Waals surface area contributed by atoms with Gasteiger partial charge in [-0.05, 0) is 18.1 Å². The third kappa shape index (κ3) is 11.3. The third-order valence-corrected chi connectivity index (χ3v) is 5.21. The number of carbonyl (C=O) groups is 6. The van der Waals surface area contributed by atoms with Gasteiger partial charge in [0.05, 0.1) is 12.8 Å². The number of aliphatic carboxylic acids is 1. The van der Waals surface area contributed by atoms with Crippen molar-refractivity contribution >= 4 is 35.8 Å². The highest BCUT2D eigenvalue weighted by Gasteiger charge is 2.31. The predicted octanol–water partition coefficient (Wildman–Crippen LogP) is 0.364. The van der Waals surface area contributed by atoms with E-state index in [1.165, 1.54) is 6.92 Å². The van der Waals surface area contributed by atoms with Gasteiger partial charge in [0, 0.05) is 0 Å². The Labute approximate surface area is 224 Å². The van der Waals surface area contributed by atoms with Crippen molar-refractivity contribution in [3.63, 3.8) is 0 Å². The van der Waals surface area contributed by atoms with Crippen molar-refractivity contribution < 1.29 is 43.3 Å². The molecule has 0 saturated heterocycles. The number of hydrogen-bond donors (Lipinski definition) is 5. The molecule has 13 nitrogen and oxygen atoms in total. The maximum Gasteiger partial charge on any atom is 0.408 e. The summed E-state index contributed by atoms with van der Waals surface area (Å²) in [4.78, 5) is 72.7. The van der Waals surface area contributed by atoms with Crippen LogP contribution in [0.15, 0.2) is 60.7 Å². The maximum atomic E-state index is 12.8. The van der Waals surface area contributed by atoms with Crippen LogP contribution < -0.4 is 21.7 Å². The Hall–Kier alpha value is -4.94. The maximum absolute atomic E-state index is 12.8. The normalized spacial score (nSPS) is 12.6. The van der Waals surface area contributed by atoms with E-state index in [1.807, 2.05) is 0 Å². The van der Waals surface area contributed by atoms with Crippen molar-refractivity contribution in [2.24, 2.45) is 5.73 Å². The van der Waals surface area contributed by atoms with Gasteiger partial charge in [-0.3, -0.25) is 19.2 Å². The van der Waals surface area contributed by atoms with E-state index in [4.69, 9.17) is 15.2 Å². The van der Waals surface area contributed by atoms with Crippen LogP contribution in [-0.4, -0.2) is 59.0 Å². The zero-order valence-electron chi connectivity index (χ0n) is 21.1. The molecule has 0 aromatic heterocycles. The van der Waals surface area contributed by atoms with Gasteiger partial charge in [0.15, 0.2) is 0 Å². The Balaban J connectivity index is 2.03. The summed E-state index contributed by atoms with van der Waals surface area (Å²) in [6.45, 7) is 1.16. The molecular formula is C26H30N4O9. The zero-order valence-corrected chi connectivity index (χ0v) is 21.1. The van der Waals surface area contributed by atoms with E-state index in [0.717, 1.165) is 5.56 Å². The Morgan fingerprint density at radius 1 is 0.744 bits per heavy atom. The summed E-state index contributed by atoms with van der Waals surface area (Å²) in [5.74, 6) is -5.35. The number of hydrogen-bond acceptors (Lipinski definition) is 8. The molecule has 0 fully saturated rings. The molecule has 13 heteroatoms. The largest absolute Gasteiger partial charge is 0.480 e. The average molecular weight is 543 g/mol. The van der Waals surface area contributed by atoms with Crippen molar-refractivity contribution in [2.45, 2.75) is 51.1 Å². The second-order valence-electron chi connectivity index (χ2n) is 8.41. The number of benzene rings is 2. The van der Waals surface area contributed by atoms with Gasteiger partial charge in [-0.2, -0.15) is 0 Å². The van der Waals surface area contributed by atoms with Crippen molar-refractivity contribution in [1.29, 1.82) is 0 Å². The fourth-order valence-corrected chi connectivity index (χ4v) is 3.15. The minimum atomic E-state index is -1.70. The first-order valence-corrected chi connectivity index (χ1v) is 11.8. The van der Waals surface area contributed by atoms with Crippen LogP contribution in [0, 0.1) is 0 Å². The Morgan fingerprint density at radius 2 is 1.26 bits per heavy atom. The molecule has 4 amide bonds. The lowest BCUT2D eigenvalue weighted by Crippen LogP contribution is -2.56. The molecule has 0 spiro atoms. The standard InChI is InChI=1S/C26H30N4O9/c1-16(28-26(37)39-15-18-10-6-3-7-11-18)23(33)29-19(24(34)30-20(25(35)36)12-21(27)31)13-22(32)38-14-17-8-4-2-5-9-17/h2-11,16,19-20H,12-15H2,1H3,(H2,27,31)(H,28,37)(H,29,33)(H,30,34)(H,35,36)/t16?,19-,20?/m0/s1. The number of rotatable bonds is 14. The van der Waals surface area contributed by atoms with Gasteiger partial charge in [-0.1, -0.05) is 60.7 Å². The molecule has 2 unspecified atom stereocenters. The van der Waals surface area contributed by atoms with Crippen LogP contribution in [0.3, 0.4) is 0 Å². The molecule has 3 atom stereocenters. The van der Waals surface area contributed by atoms with E-state index >= 15 is 0 Å². The van der Waals surface area contributed by atoms with E-state index in [1.54, 1.807) is 60.7 Å². The van der Waals surface area contributed by atoms with Gasteiger partial charge in [-0.15, -0.1) is 0 Å². The molecule has 2 aromatic rings. The number of esters is 1. The van der Waals surface area contributed by atoms with Crippen LogP contribution in [-0.2, 0) is 46.7 Å². The second-order valence-corrected chi connectivity index (χ2v) is 8.41. The van der Waals surface area contributed by atoms with E-state index in [2.05, 4.69) is 16.0 Å².